The first-order chi connectivity index (χ1) is 15.0. The number of carbonyl (C=O) groups is 1. The number of nitrogens with one attached hydrogen (secondary N) is 1. The number of carbonyl (C=O) groups excluding carboxylic acids is 1. The normalized spacial score (nSPS) is 12.3. The van der Waals surface area contributed by atoms with Gasteiger partial charge in [-0.25, -0.2) is 4.98 Å². The highest BCUT2D eigenvalue weighted by Crippen LogP contribution is 2.33. The highest BCUT2D eigenvalue weighted by Gasteiger charge is 2.16. The maximum absolute atomic E-state index is 12.5. The van der Waals surface area contributed by atoms with Crippen LogP contribution in [0.1, 0.15) is 18.4 Å². The number of aromatic nitrogens is 1. The van der Waals surface area contributed by atoms with E-state index in [9.17, 15) is 4.79 Å². The molecule has 1 atom stereocenters. The van der Waals surface area contributed by atoms with E-state index < -0.39 is 0 Å². The zero-order chi connectivity index (χ0) is 22.2. The molecule has 0 aliphatic carbocycles. The number of nitrogens with zero attached hydrogens (tertiary/aromatic N) is 2. The third-order valence-electron chi connectivity index (χ3n) is 4.87. The molecule has 0 spiro atoms. The third-order valence-corrected chi connectivity index (χ3v) is 6.00. The molecule has 0 saturated heterocycles. The van der Waals surface area contributed by atoms with E-state index in [-0.39, 0.29) is 25.0 Å². The second-order valence-electron chi connectivity index (χ2n) is 7.06. The lowest BCUT2D eigenvalue weighted by Gasteiger charge is -2.21. The van der Waals surface area contributed by atoms with E-state index >= 15 is 0 Å². The summed E-state index contributed by atoms with van der Waals surface area (Å²) in [5.41, 5.74) is 1.71. The molecule has 0 fully saturated rings. The van der Waals surface area contributed by atoms with Crippen molar-refractivity contribution < 1.29 is 19.7 Å². The summed E-state index contributed by atoms with van der Waals surface area (Å²) in [6.45, 7) is 3.84. The highest BCUT2D eigenvalue weighted by molar-refractivity contribution is 7.20. The summed E-state index contributed by atoms with van der Waals surface area (Å²) in [5.74, 6) is 0.248. The standard InChI is InChI=1S/C22H26ClN3O4S/c1-15(21(29)24-8-9-26(10-12-27)11-13-28)16-2-5-18(6-3-16)30-22-25-19-7-4-17(23)14-20(19)31-22/h2-7,14-15,27-28H,8-13H2,1H3,(H,24,29). The van der Waals surface area contributed by atoms with Crippen LogP contribution >= 0.6 is 22.9 Å². The predicted molar refractivity (Wildman–Crippen MR) is 123 cm³/mol. The van der Waals surface area contributed by atoms with Gasteiger partial charge in [0.1, 0.15) is 5.75 Å². The van der Waals surface area contributed by atoms with E-state index in [1.165, 1.54) is 11.3 Å². The van der Waals surface area contributed by atoms with Crippen LogP contribution in [0.5, 0.6) is 10.9 Å². The van der Waals surface area contributed by atoms with Crippen LogP contribution in [0.4, 0.5) is 0 Å². The molecular weight excluding hydrogens is 438 g/mol. The molecular formula is C22H26ClN3O4S. The smallest absolute Gasteiger partial charge is 0.279 e. The van der Waals surface area contributed by atoms with Crippen molar-refractivity contribution in [3.63, 3.8) is 0 Å². The summed E-state index contributed by atoms with van der Waals surface area (Å²) >= 11 is 7.44. The molecule has 1 unspecified atom stereocenters. The number of benzene rings is 2. The van der Waals surface area contributed by atoms with E-state index in [0.29, 0.717) is 42.1 Å². The molecule has 3 aromatic rings. The zero-order valence-corrected chi connectivity index (χ0v) is 18.8. The Bertz CT molecular complexity index is 990. The predicted octanol–water partition coefficient (Wildman–Crippen LogP) is 3.25. The summed E-state index contributed by atoms with van der Waals surface area (Å²) in [5, 5.41) is 22.2. The van der Waals surface area contributed by atoms with E-state index in [2.05, 4.69) is 10.3 Å². The Morgan fingerprint density at radius 3 is 2.55 bits per heavy atom. The lowest BCUT2D eigenvalue weighted by atomic mass is 10.0. The molecule has 3 N–H and O–H groups in total. The lowest BCUT2D eigenvalue weighted by molar-refractivity contribution is -0.122. The van der Waals surface area contributed by atoms with Crippen molar-refractivity contribution in [3.05, 3.63) is 53.1 Å². The SMILES string of the molecule is CC(C(=O)NCCN(CCO)CCO)c1ccc(Oc2nc3ccc(Cl)cc3s2)cc1. The average molecular weight is 464 g/mol. The van der Waals surface area contributed by atoms with Crippen LogP contribution in [-0.2, 0) is 4.79 Å². The Kier molecular flexibility index (Phi) is 8.62. The quantitative estimate of drug-likeness (QED) is 0.404. The third kappa shape index (κ3) is 6.62. The van der Waals surface area contributed by atoms with Crippen molar-refractivity contribution in [1.29, 1.82) is 0 Å². The van der Waals surface area contributed by atoms with Gasteiger partial charge in [-0.05, 0) is 42.8 Å². The number of thiazole rings is 1. The van der Waals surface area contributed by atoms with Gasteiger partial charge in [0.05, 0.1) is 29.3 Å². The first kappa shape index (κ1) is 23.4. The Morgan fingerprint density at radius 1 is 1.16 bits per heavy atom. The van der Waals surface area contributed by atoms with E-state index in [0.717, 1.165) is 15.8 Å². The van der Waals surface area contributed by atoms with Gasteiger partial charge in [0, 0.05) is 31.2 Å². The van der Waals surface area contributed by atoms with E-state index in [1.807, 2.05) is 48.2 Å². The van der Waals surface area contributed by atoms with Crippen molar-refractivity contribution in [3.8, 4) is 10.9 Å². The molecule has 31 heavy (non-hydrogen) atoms. The number of hydrogen-bond donors (Lipinski definition) is 3. The summed E-state index contributed by atoms with van der Waals surface area (Å²) < 4.78 is 6.81. The summed E-state index contributed by atoms with van der Waals surface area (Å²) in [6.07, 6.45) is 0. The fourth-order valence-corrected chi connectivity index (χ4v) is 4.22. The maximum atomic E-state index is 12.5. The molecule has 3 rings (SSSR count). The molecule has 7 nitrogen and oxygen atoms in total. The van der Waals surface area contributed by atoms with E-state index in [1.54, 1.807) is 6.07 Å². The van der Waals surface area contributed by atoms with Gasteiger partial charge >= 0.3 is 0 Å². The van der Waals surface area contributed by atoms with Gasteiger partial charge in [0.25, 0.3) is 5.19 Å². The molecule has 0 aliphatic rings. The Hall–Kier alpha value is -2.23. The van der Waals surface area contributed by atoms with Gasteiger partial charge in [-0.15, -0.1) is 0 Å². The van der Waals surface area contributed by atoms with Gasteiger partial charge in [0.2, 0.25) is 5.91 Å². The molecule has 0 bridgehead atoms. The van der Waals surface area contributed by atoms with Crippen LogP contribution in [0.3, 0.4) is 0 Å². The van der Waals surface area contributed by atoms with Crippen molar-refractivity contribution in [2.75, 3.05) is 39.4 Å². The van der Waals surface area contributed by atoms with Gasteiger partial charge in [0.15, 0.2) is 0 Å². The number of amides is 1. The Morgan fingerprint density at radius 2 is 1.87 bits per heavy atom. The number of ether oxygens (including phenoxy) is 1. The fourth-order valence-electron chi connectivity index (χ4n) is 3.11. The first-order valence-corrected chi connectivity index (χ1v) is 11.3. The van der Waals surface area contributed by atoms with Crippen molar-refractivity contribution >= 4 is 39.1 Å². The molecule has 166 valence electrons. The average Bonchev–Trinajstić information content (AvgIpc) is 3.15. The molecule has 1 aromatic heterocycles. The van der Waals surface area contributed by atoms with Crippen molar-refractivity contribution in [1.82, 2.24) is 15.2 Å². The minimum Gasteiger partial charge on any atom is -0.431 e. The molecule has 2 aromatic carbocycles. The Balaban J connectivity index is 1.53. The zero-order valence-electron chi connectivity index (χ0n) is 17.3. The number of hydrogen-bond acceptors (Lipinski definition) is 7. The van der Waals surface area contributed by atoms with E-state index in [4.69, 9.17) is 26.6 Å². The number of aliphatic hydroxyl groups excluding tert-OH is 2. The molecule has 0 aliphatic heterocycles. The molecule has 0 radical (unpaired) electrons. The van der Waals surface area contributed by atoms with Crippen LogP contribution in [0, 0.1) is 0 Å². The second kappa shape index (κ2) is 11.4. The minimum atomic E-state index is -0.317. The second-order valence-corrected chi connectivity index (χ2v) is 8.49. The van der Waals surface area contributed by atoms with Crippen LogP contribution in [0.2, 0.25) is 5.02 Å². The maximum Gasteiger partial charge on any atom is 0.279 e. The number of rotatable bonds is 11. The van der Waals surface area contributed by atoms with Gasteiger partial charge < -0.3 is 20.3 Å². The topological polar surface area (TPSA) is 94.9 Å². The molecule has 1 heterocycles. The van der Waals surface area contributed by atoms with Crippen molar-refractivity contribution in [2.45, 2.75) is 12.8 Å². The van der Waals surface area contributed by atoms with Gasteiger partial charge in [-0.3, -0.25) is 9.69 Å². The highest BCUT2D eigenvalue weighted by atomic mass is 35.5. The summed E-state index contributed by atoms with van der Waals surface area (Å²) in [7, 11) is 0. The van der Waals surface area contributed by atoms with Gasteiger partial charge in [-0.1, -0.05) is 35.1 Å². The lowest BCUT2D eigenvalue weighted by Crippen LogP contribution is -2.39. The van der Waals surface area contributed by atoms with Gasteiger partial charge in [-0.2, -0.15) is 0 Å². The monoisotopic (exact) mass is 463 g/mol. The van der Waals surface area contributed by atoms with Crippen LogP contribution < -0.4 is 10.1 Å². The molecule has 9 heteroatoms. The van der Waals surface area contributed by atoms with Crippen molar-refractivity contribution in [2.24, 2.45) is 0 Å². The van der Waals surface area contributed by atoms with Crippen LogP contribution in [0.25, 0.3) is 10.2 Å². The first-order valence-electron chi connectivity index (χ1n) is 10.1. The number of halogens is 1. The van der Waals surface area contributed by atoms with Crippen LogP contribution in [0.15, 0.2) is 42.5 Å². The number of fused-ring (bicyclic) bond motifs is 1. The Labute approximate surface area is 190 Å². The fraction of sp³-hybridized carbons (Fsp3) is 0.364. The molecule has 1 amide bonds. The number of aliphatic hydroxyl groups is 2. The summed E-state index contributed by atoms with van der Waals surface area (Å²) in [4.78, 5) is 18.8. The van der Waals surface area contributed by atoms with Crippen LogP contribution in [-0.4, -0.2) is 65.4 Å². The largest absolute Gasteiger partial charge is 0.431 e. The summed E-state index contributed by atoms with van der Waals surface area (Å²) in [6, 6.07) is 12.9. The minimum absolute atomic E-state index is 0.0174. The molecule has 0 saturated carbocycles.